The van der Waals surface area contributed by atoms with Crippen LogP contribution in [0.2, 0.25) is 0 Å². The van der Waals surface area contributed by atoms with E-state index in [9.17, 15) is 9.59 Å². The number of carbonyl (C=O) groups is 2. The third kappa shape index (κ3) is 2.50. The van der Waals surface area contributed by atoms with Crippen LogP contribution >= 0.6 is 0 Å². The summed E-state index contributed by atoms with van der Waals surface area (Å²) < 4.78 is 5.31. The Hall–Kier alpha value is -2.87. The molecule has 3 aliphatic heterocycles. The molecule has 3 N–H and O–H groups in total. The van der Waals surface area contributed by atoms with Crippen LogP contribution < -0.4 is 20.4 Å². The molecule has 0 aromatic heterocycles. The topological polar surface area (TPSA) is 87.5 Å². The van der Waals surface area contributed by atoms with E-state index < -0.39 is 6.09 Å². The minimum Gasteiger partial charge on any atom is -0.442 e. The number of anilines is 2. The Kier molecular flexibility index (Phi) is 3.46. The van der Waals surface area contributed by atoms with Crippen LogP contribution in [0.1, 0.15) is 6.92 Å². The molecule has 1 unspecified atom stereocenters. The molecule has 0 bridgehead atoms. The number of fused-ring (bicyclic) bond motifs is 3. The smallest absolute Gasteiger partial charge is 0.414 e. The largest absolute Gasteiger partial charge is 0.442 e. The highest BCUT2D eigenvalue weighted by molar-refractivity contribution is 5.91. The molecule has 124 valence electrons. The van der Waals surface area contributed by atoms with Gasteiger partial charge in [0.15, 0.2) is 17.7 Å². The standard InChI is InChI=1S/C16H17N5O3/c1-10(22)18-7-13-8-20(16(23)24-13)11-2-3-15-14(4-11)19-6-12-5-17-9-21(12)15/h2-5,9,13,19H,6-8H2,1H3,(H,18,22)/p+1/t13-/m0/s1. The molecule has 3 heterocycles. The van der Waals surface area contributed by atoms with Gasteiger partial charge in [0.05, 0.1) is 31.5 Å². The molecular formula is C16H18N5O3+. The number of rotatable bonds is 3. The Labute approximate surface area is 138 Å². The van der Waals surface area contributed by atoms with Crippen molar-refractivity contribution in [3.63, 3.8) is 0 Å². The van der Waals surface area contributed by atoms with Gasteiger partial charge >= 0.3 is 6.09 Å². The van der Waals surface area contributed by atoms with Crippen LogP contribution in [0.15, 0.2) is 35.1 Å². The number of aliphatic imine (C=N–C) groups is 1. The summed E-state index contributed by atoms with van der Waals surface area (Å²) in [6, 6.07) is 5.85. The summed E-state index contributed by atoms with van der Waals surface area (Å²) in [6.45, 7) is 2.90. The minimum absolute atomic E-state index is 0.137. The molecule has 1 saturated heterocycles. The molecule has 0 aliphatic carbocycles. The summed E-state index contributed by atoms with van der Waals surface area (Å²) in [4.78, 5) is 30.0. The molecule has 8 heteroatoms. The monoisotopic (exact) mass is 328 g/mol. The maximum atomic E-state index is 12.1. The Bertz CT molecular complexity index is 773. The predicted octanol–water partition coefficient (Wildman–Crippen LogP) is -0.0269. The van der Waals surface area contributed by atoms with Crippen LogP contribution in [0.25, 0.3) is 0 Å². The van der Waals surface area contributed by atoms with Crippen LogP contribution in [-0.4, -0.2) is 44.1 Å². The van der Waals surface area contributed by atoms with Gasteiger partial charge in [0.25, 0.3) is 0 Å². The van der Waals surface area contributed by atoms with Gasteiger partial charge in [-0.3, -0.25) is 9.69 Å². The number of nitrogens with zero attached hydrogens (tertiary/aromatic N) is 2. The van der Waals surface area contributed by atoms with Crippen LogP contribution in [0.4, 0.5) is 21.9 Å². The second kappa shape index (κ2) is 5.64. The summed E-state index contributed by atoms with van der Waals surface area (Å²) in [6.07, 6.45) is 3.00. The van der Waals surface area contributed by atoms with Gasteiger partial charge in [-0.25, -0.2) is 14.7 Å². The maximum absolute atomic E-state index is 12.1. The van der Waals surface area contributed by atoms with Gasteiger partial charge in [-0.1, -0.05) is 0 Å². The summed E-state index contributed by atoms with van der Waals surface area (Å²) in [5, 5.41) is 6.04. The van der Waals surface area contributed by atoms with Crippen molar-refractivity contribution in [1.82, 2.24) is 5.32 Å². The van der Waals surface area contributed by atoms with E-state index in [0.29, 0.717) is 13.1 Å². The van der Waals surface area contributed by atoms with Gasteiger partial charge in [-0.15, -0.1) is 0 Å². The normalized spacial score (nSPS) is 24.0. The number of ether oxygens (including phenoxy) is 1. The van der Waals surface area contributed by atoms with E-state index in [2.05, 4.69) is 15.6 Å². The fourth-order valence-corrected chi connectivity index (χ4v) is 3.11. The number of benzene rings is 1. The van der Waals surface area contributed by atoms with Crippen molar-refractivity contribution in [2.75, 3.05) is 29.9 Å². The number of cyclic esters (lactones) is 1. The second-order valence-electron chi connectivity index (χ2n) is 5.98. The van der Waals surface area contributed by atoms with E-state index in [4.69, 9.17) is 4.74 Å². The molecule has 4 rings (SSSR count). The van der Waals surface area contributed by atoms with Crippen LogP contribution in [0.5, 0.6) is 0 Å². The van der Waals surface area contributed by atoms with E-state index in [1.54, 1.807) is 4.90 Å². The van der Waals surface area contributed by atoms with Gasteiger partial charge in [0.2, 0.25) is 5.91 Å². The van der Waals surface area contributed by atoms with E-state index in [1.807, 2.05) is 30.7 Å². The highest BCUT2D eigenvalue weighted by Crippen LogP contribution is 2.30. The quantitative estimate of drug-likeness (QED) is 0.727. The molecule has 2 amide bonds. The summed E-state index contributed by atoms with van der Waals surface area (Å²) >= 11 is 0. The average Bonchev–Trinajstić information content (AvgIpc) is 3.18. The Morgan fingerprint density at radius 2 is 2.42 bits per heavy atom. The van der Waals surface area contributed by atoms with Crippen molar-refractivity contribution in [3.05, 3.63) is 30.1 Å². The first-order valence-corrected chi connectivity index (χ1v) is 7.82. The fourth-order valence-electron chi connectivity index (χ4n) is 3.11. The maximum Gasteiger partial charge on any atom is 0.414 e. The predicted molar refractivity (Wildman–Crippen MR) is 88.4 cm³/mol. The summed E-state index contributed by atoms with van der Waals surface area (Å²) in [5.74, 6) is -0.137. The number of amides is 2. The highest BCUT2D eigenvalue weighted by Gasteiger charge is 2.34. The molecule has 0 radical (unpaired) electrons. The number of quaternary nitrogens is 1. The minimum atomic E-state index is -0.392. The van der Waals surface area contributed by atoms with Crippen molar-refractivity contribution in [2.24, 2.45) is 4.99 Å². The second-order valence-corrected chi connectivity index (χ2v) is 5.98. The third-order valence-electron chi connectivity index (χ3n) is 4.31. The van der Waals surface area contributed by atoms with Crippen molar-refractivity contribution in [3.8, 4) is 0 Å². The zero-order valence-electron chi connectivity index (χ0n) is 13.2. The van der Waals surface area contributed by atoms with Gasteiger partial charge in [-0.2, -0.15) is 0 Å². The molecule has 0 saturated carbocycles. The average molecular weight is 328 g/mol. The SMILES string of the molecule is CC(=O)NC[C@H]1CN(c2ccc3c(c2)NCC2=CN=C[NH+]23)C(=O)O1. The molecule has 1 fully saturated rings. The Balaban J connectivity index is 1.53. The molecule has 2 atom stereocenters. The highest BCUT2D eigenvalue weighted by atomic mass is 16.6. The first kappa shape index (κ1) is 14.7. The molecule has 8 nitrogen and oxygen atoms in total. The van der Waals surface area contributed by atoms with Crippen molar-refractivity contribution in [2.45, 2.75) is 13.0 Å². The van der Waals surface area contributed by atoms with E-state index >= 15 is 0 Å². The Morgan fingerprint density at radius 3 is 3.25 bits per heavy atom. The van der Waals surface area contributed by atoms with E-state index in [0.717, 1.165) is 28.5 Å². The number of carbonyl (C=O) groups excluding carboxylic acids is 2. The summed E-state index contributed by atoms with van der Waals surface area (Å²) in [5.41, 5.74) is 4.01. The Morgan fingerprint density at radius 1 is 1.54 bits per heavy atom. The number of nitrogens with one attached hydrogen (secondary N) is 3. The summed E-state index contributed by atoms with van der Waals surface area (Å²) in [7, 11) is 0. The van der Waals surface area contributed by atoms with Crippen LogP contribution in [0.3, 0.4) is 0 Å². The van der Waals surface area contributed by atoms with Crippen molar-refractivity contribution in [1.29, 1.82) is 0 Å². The number of hydrogen-bond donors (Lipinski definition) is 3. The molecule has 24 heavy (non-hydrogen) atoms. The van der Waals surface area contributed by atoms with Crippen LogP contribution in [0, 0.1) is 0 Å². The lowest BCUT2D eigenvalue weighted by Crippen LogP contribution is -3.04. The number of hydrogen-bond acceptors (Lipinski definition) is 5. The lowest BCUT2D eigenvalue weighted by atomic mass is 10.1. The first-order valence-electron chi connectivity index (χ1n) is 7.82. The van der Waals surface area contributed by atoms with Gasteiger partial charge < -0.3 is 15.4 Å². The lowest BCUT2D eigenvalue weighted by molar-refractivity contribution is -0.673. The van der Waals surface area contributed by atoms with Crippen LogP contribution in [-0.2, 0) is 9.53 Å². The molecule has 3 aliphatic rings. The molecular weight excluding hydrogens is 310 g/mol. The zero-order chi connectivity index (χ0) is 16.7. The van der Waals surface area contributed by atoms with E-state index in [-0.39, 0.29) is 12.0 Å². The molecule has 0 spiro atoms. The van der Waals surface area contributed by atoms with Gasteiger partial charge in [-0.05, 0) is 12.1 Å². The fraction of sp³-hybridized carbons (Fsp3) is 0.312. The first-order chi connectivity index (χ1) is 11.6. The molecule has 1 aromatic rings. The van der Waals surface area contributed by atoms with Gasteiger partial charge in [0.1, 0.15) is 6.10 Å². The third-order valence-corrected chi connectivity index (χ3v) is 4.31. The van der Waals surface area contributed by atoms with Crippen molar-refractivity contribution < 1.29 is 19.2 Å². The van der Waals surface area contributed by atoms with E-state index in [1.165, 1.54) is 12.6 Å². The molecule has 1 aromatic carbocycles. The van der Waals surface area contributed by atoms with Crippen molar-refractivity contribution >= 4 is 35.4 Å². The zero-order valence-corrected chi connectivity index (χ0v) is 13.2. The lowest BCUT2D eigenvalue weighted by Gasteiger charge is -2.24. The van der Waals surface area contributed by atoms with Gasteiger partial charge in [0, 0.05) is 18.7 Å².